The Balaban J connectivity index is 2.26. The standard InChI is InChI=1S/C11H14O4/c1-4-3-6(11(14)15)9-7(4)8(5(2)12)10(9)13/h3-5,7-9,12H,1-2H3,(H,14,15). The number of aliphatic hydroxyl groups excluding tert-OH is 1. The lowest BCUT2D eigenvalue weighted by Gasteiger charge is -2.43. The lowest BCUT2D eigenvalue weighted by Crippen LogP contribution is -2.53. The number of allylic oxidation sites excluding steroid dienone is 1. The van der Waals surface area contributed by atoms with Gasteiger partial charge >= 0.3 is 5.97 Å². The fourth-order valence-electron chi connectivity index (χ4n) is 2.93. The van der Waals surface area contributed by atoms with E-state index in [4.69, 9.17) is 5.11 Å². The number of carbonyl (C=O) groups is 2. The Hall–Kier alpha value is -1.16. The molecule has 0 aliphatic heterocycles. The van der Waals surface area contributed by atoms with Crippen molar-refractivity contribution in [2.75, 3.05) is 0 Å². The van der Waals surface area contributed by atoms with E-state index in [0.717, 1.165) is 0 Å². The number of Topliss-reactive ketones (excluding diaryl/α,β-unsaturated/α-hetero) is 1. The third-order valence-corrected chi connectivity index (χ3v) is 3.59. The van der Waals surface area contributed by atoms with Crippen molar-refractivity contribution in [2.45, 2.75) is 20.0 Å². The van der Waals surface area contributed by atoms with Crippen molar-refractivity contribution < 1.29 is 19.8 Å². The van der Waals surface area contributed by atoms with E-state index in [1.807, 2.05) is 6.92 Å². The highest BCUT2D eigenvalue weighted by Gasteiger charge is 2.58. The van der Waals surface area contributed by atoms with Gasteiger partial charge in [0.1, 0.15) is 5.78 Å². The van der Waals surface area contributed by atoms with E-state index in [-0.39, 0.29) is 29.1 Å². The molecule has 2 aliphatic rings. The molecule has 0 heterocycles. The number of carbonyl (C=O) groups excluding carboxylic acids is 1. The predicted octanol–water partition coefficient (Wildman–Crippen LogP) is 0.459. The number of aliphatic hydroxyl groups is 1. The average Bonchev–Trinajstić information content (AvgIpc) is 2.38. The topological polar surface area (TPSA) is 74.6 Å². The molecule has 1 fully saturated rings. The maximum atomic E-state index is 11.7. The fourth-order valence-corrected chi connectivity index (χ4v) is 2.93. The highest BCUT2D eigenvalue weighted by Crippen LogP contribution is 2.52. The predicted molar refractivity (Wildman–Crippen MR) is 52.0 cm³/mol. The van der Waals surface area contributed by atoms with Crippen LogP contribution in [0.25, 0.3) is 0 Å². The van der Waals surface area contributed by atoms with Gasteiger partial charge in [-0.2, -0.15) is 0 Å². The highest BCUT2D eigenvalue weighted by atomic mass is 16.4. The summed E-state index contributed by atoms with van der Waals surface area (Å²) in [6.07, 6.45) is 0.973. The van der Waals surface area contributed by atoms with Gasteiger partial charge in [0, 0.05) is 11.5 Å². The first kappa shape index (κ1) is 10.4. The smallest absolute Gasteiger partial charge is 0.331 e. The number of hydrogen-bond acceptors (Lipinski definition) is 3. The first-order valence-electron chi connectivity index (χ1n) is 5.12. The molecule has 0 saturated heterocycles. The normalized spacial score (nSPS) is 40.5. The van der Waals surface area contributed by atoms with Gasteiger partial charge in [0.2, 0.25) is 0 Å². The van der Waals surface area contributed by atoms with Crippen LogP contribution in [0, 0.1) is 23.7 Å². The Kier molecular flexibility index (Phi) is 2.19. The van der Waals surface area contributed by atoms with Gasteiger partial charge in [-0.1, -0.05) is 13.0 Å². The number of carboxylic acids is 1. The number of carboxylic acid groups (broad SMARTS) is 1. The fraction of sp³-hybridized carbons (Fsp3) is 0.636. The Bertz CT molecular complexity index is 356. The molecule has 0 bridgehead atoms. The molecule has 0 radical (unpaired) electrons. The summed E-state index contributed by atoms with van der Waals surface area (Å²) in [6.45, 7) is 3.49. The van der Waals surface area contributed by atoms with Crippen molar-refractivity contribution in [2.24, 2.45) is 23.7 Å². The second kappa shape index (κ2) is 3.17. The summed E-state index contributed by atoms with van der Waals surface area (Å²) in [6, 6.07) is 0. The quantitative estimate of drug-likeness (QED) is 0.694. The van der Waals surface area contributed by atoms with E-state index >= 15 is 0 Å². The van der Waals surface area contributed by atoms with Crippen molar-refractivity contribution in [1.29, 1.82) is 0 Å². The molecule has 2 rings (SSSR count). The molecular formula is C11H14O4. The number of aliphatic carboxylic acids is 1. The minimum Gasteiger partial charge on any atom is -0.478 e. The molecule has 2 aliphatic carbocycles. The van der Waals surface area contributed by atoms with Gasteiger partial charge in [0.25, 0.3) is 0 Å². The molecular weight excluding hydrogens is 196 g/mol. The minimum absolute atomic E-state index is 0.0106. The van der Waals surface area contributed by atoms with E-state index in [0.29, 0.717) is 0 Å². The highest BCUT2D eigenvalue weighted by molar-refractivity contribution is 6.03. The summed E-state index contributed by atoms with van der Waals surface area (Å²) in [5.41, 5.74) is 0.217. The maximum absolute atomic E-state index is 11.7. The Morgan fingerprint density at radius 3 is 2.60 bits per heavy atom. The van der Waals surface area contributed by atoms with E-state index < -0.39 is 18.0 Å². The summed E-state index contributed by atoms with van der Waals surface area (Å²) in [7, 11) is 0. The number of hydrogen-bond donors (Lipinski definition) is 2. The summed E-state index contributed by atoms with van der Waals surface area (Å²) < 4.78 is 0. The third kappa shape index (κ3) is 1.24. The van der Waals surface area contributed by atoms with E-state index in [2.05, 4.69) is 0 Å². The lowest BCUT2D eigenvalue weighted by atomic mass is 9.59. The molecule has 0 amide bonds. The van der Waals surface area contributed by atoms with Gasteiger partial charge in [-0.15, -0.1) is 0 Å². The molecule has 0 spiro atoms. The zero-order valence-electron chi connectivity index (χ0n) is 8.68. The zero-order chi connectivity index (χ0) is 11.3. The van der Waals surface area contributed by atoms with Crippen LogP contribution in [0.5, 0.6) is 0 Å². The van der Waals surface area contributed by atoms with E-state index in [9.17, 15) is 14.7 Å². The van der Waals surface area contributed by atoms with Gasteiger partial charge in [-0.05, 0) is 18.8 Å². The van der Waals surface area contributed by atoms with Crippen molar-refractivity contribution in [1.82, 2.24) is 0 Å². The van der Waals surface area contributed by atoms with Crippen molar-refractivity contribution >= 4 is 11.8 Å². The van der Waals surface area contributed by atoms with Gasteiger partial charge in [0.15, 0.2) is 0 Å². The summed E-state index contributed by atoms with van der Waals surface area (Å²) in [5, 5.41) is 18.4. The molecule has 5 unspecified atom stereocenters. The second-order valence-electron chi connectivity index (χ2n) is 4.51. The third-order valence-electron chi connectivity index (χ3n) is 3.59. The van der Waals surface area contributed by atoms with Crippen LogP contribution in [0.2, 0.25) is 0 Å². The Morgan fingerprint density at radius 1 is 1.53 bits per heavy atom. The minimum atomic E-state index is -1.01. The molecule has 0 aromatic rings. The monoisotopic (exact) mass is 210 g/mol. The lowest BCUT2D eigenvalue weighted by molar-refractivity contribution is -0.151. The van der Waals surface area contributed by atoms with Crippen LogP contribution in [0.1, 0.15) is 13.8 Å². The van der Waals surface area contributed by atoms with Crippen molar-refractivity contribution in [3.63, 3.8) is 0 Å². The summed E-state index contributed by atoms with van der Waals surface area (Å²) in [5.74, 6) is -1.92. The molecule has 15 heavy (non-hydrogen) atoms. The molecule has 4 nitrogen and oxygen atoms in total. The van der Waals surface area contributed by atoms with Crippen LogP contribution < -0.4 is 0 Å². The molecule has 0 aromatic carbocycles. The first-order valence-corrected chi connectivity index (χ1v) is 5.12. The van der Waals surface area contributed by atoms with Gasteiger partial charge in [-0.25, -0.2) is 4.79 Å². The van der Waals surface area contributed by atoms with Crippen LogP contribution in [-0.4, -0.2) is 28.1 Å². The summed E-state index contributed by atoms with van der Waals surface area (Å²) >= 11 is 0. The molecule has 5 atom stereocenters. The van der Waals surface area contributed by atoms with Crippen LogP contribution in [0.15, 0.2) is 11.6 Å². The number of rotatable bonds is 2. The van der Waals surface area contributed by atoms with Crippen LogP contribution >= 0.6 is 0 Å². The van der Waals surface area contributed by atoms with Crippen molar-refractivity contribution in [3.05, 3.63) is 11.6 Å². The SMILES string of the molecule is CC(O)C1C(=O)C2C(C(=O)O)=CC(C)C21. The van der Waals surface area contributed by atoms with Gasteiger partial charge in [0.05, 0.1) is 12.0 Å². The van der Waals surface area contributed by atoms with Crippen LogP contribution in [-0.2, 0) is 9.59 Å². The Labute approximate surface area is 87.6 Å². The molecule has 82 valence electrons. The second-order valence-corrected chi connectivity index (χ2v) is 4.51. The number of ketones is 1. The largest absolute Gasteiger partial charge is 0.478 e. The molecule has 2 N–H and O–H groups in total. The van der Waals surface area contributed by atoms with E-state index in [1.54, 1.807) is 13.0 Å². The van der Waals surface area contributed by atoms with E-state index in [1.165, 1.54) is 0 Å². The number of fused-ring (bicyclic) bond motifs is 1. The van der Waals surface area contributed by atoms with Gasteiger partial charge < -0.3 is 10.2 Å². The van der Waals surface area contributed by atoms with Crippen LogP contribution in [0.3, 0.4) is 0 Å². The first-order chi connectivity index (χ1) is 6.95. The molecule has 1 saturated carbocycles. The Morgan fingerprint density at radius 2 is 2.13 bits per heavy atom. The molecule has 4 heteroatoms. The maximum Gasteiger partial charge on any atom is 0.331 e. The van der Waals surface area contributed by atoms with Gasteiger partial charge in [-0.3, -0.25) is 4.79 Å². The molecule has 0 aromatic heterocycles. The zero-order valence-corrected chi connectivity index (χ0v) is 8.68. The van der Waals surface area contributed by atoms with Crippen LogP contribution in [0.4, 0.5) is 0 Å². The van der Waals surface area contributed by atoms with Crippen molar-refractivity contribution in [3.8, 4) is 0 Å². The average molecular weight is 210 g/mol. The summed E-state index contributed by atoms with van der Waals surface area (Å²) in [4.78, 5) is 22.6.